The largest absolute Gasteiger partial charge is 0.362 e. The number of carbonyl (C=O) groups excluding carboxylic acids is 1. The maximum Gasteiger partial charge on any atom is 0.257 e. The van der Waals surface area contributed by atoms with Crippen molar-refractivity contribution in [1.29, 1.82) is 0 Å². The number of hydrogen-bond acceptors (Lipinski definition) is 6. The van der Waals surface area contributed by atoms with E-state index in [0.717, 1.165) is 18.7 Å². The minimum Gasteiger partial charge on any atom is -0.362 e. The number of nitrogens with zero attached hydrogens (tertiary/aromatic N) is 5. The molecule has 2 atom stereocenters. The highest BCUT2D eigenvalue weighted by Crippen LogP contribution is 2.38. The van der Waals surface area contributed by atoms with Gasteiger partial charge in [0.1, 0.15) is 6.54 Å². The summed E-state index contributed by atoms with van der Waals surface area (Å²) in [5, 5.41) is 8.57. The van der Waals surface area contributed by atoms with Gasteiger partial charge in [0.25, 0.3) is 5.89 Å². The Hall–Kier alpha value is -1.93. The van der Waals surface area contributed by atoms with Crippen LogP contribution in [0.2, 0.25) is 5.02 Å². The highest BCUT2D eigenvalue weighted by molar-refractivity contribution is 6.30. The fourth-order valence-electron chi connectivity index (χ4n) is 2.84. The number of halogens is 1. The second kappa shape index (κ2) is 6.18. The van der Waals surface area contributed by atoms with Crippen LogP contribution >= 0.6 is 11.6 Å². The average Bonchev–Trinajstić information content (AvgIpc) is 3.14. The van der Waals surface area contributed by atoms with Gasteiger partial charge in [0.15, 0.2) is 11.9 Å². The highest BCUT2D eigenvalue weighted by atomic mass is 35.5. The van der Waals surface area contributed by atoms with Crippen molar-refractivity contribution in [1.82, 2.24) is 24.8 Å². The van der Waals surface area contributed by atoms with Crippen LogP contribution in [0, 0.1) is 0 Å². The Kier molecular flexibility index (Phi) is 4.01. The van der Waals surface area contributed by atoms with Crippen molar-refractivity contribution >= 4 is 17.5 Å². The lowest BCUT2D eigenvalue weighted by atomic mass is 10.2. The lowest BCUT2D eigenvalue weighted by molar-refractivity contribution is -0.147. The van der Waals surface area contributed by atoms with Gasteiger partial charge >= 0.3 is 0 Å². The fourth-order valence-corrected chi connectivity index (χ4v) is 3.00. The predicted octanol–water partition coefficient (Wildman–Crippen LogP) is 1.79. The smallest absolute Gasteiger partial charge is 0.257 e. The number of carbonyl (C=O) groups is 1. The zero-order valence-electron chi connectivity index (χ0n) is 13.3. The van der Waals surface area contributed by atoms with Crippen molar-refractivity contribution in [2.45, 2.75) is 44.4 Å². The lowest BCUT2D eigenvalue weighted by Gasteiger charge is -2.35. The molecule has 1 saturated carbocycles. The minimum atomic E-state index is -0.390. The molecule has 8 nitrogen and oxygen atoms in total. The van der Waals surface area contributed by atoms with E-state index in [0.29, 0.717) is 29.9 Å². The number of morpholine rings is 1. The van der Waals surface area contributed by atoms with E-state index in [1.54, 1.807) is 11.1 Å². The van der Waals surface area contributed by atoms with Gasteiger partial charge in [0.2, 0.25) is 5.91 Å². The van der Waals surface area contributed by atoms with Gasteiger partial charge in [-0.25, -0.2) is 0 Å². The summed E-state index contributed by atoms with van der Waals surface area (Å²) in [4.78, 5) is 18.7. The molecule has 24 heavy (non-hydrogen) atoms. The first kappa shape index (κ1) is 15.6. The molecule has 0 bridgehead atoms. The molecule has 0 unspecified atom stereocenters. The average molecular weight is 352 g/mol. The number of aromatic nitrogens is 4. The summed E-state index contributed by atoms with van der Waals surface area (Å²) in [6.07, 6.45) is 4.86. The van der Waals surface area contributed by atoms with Gasteiger partial charge in [-0.2, -0.15) is 10.1 Å². The zero-order chi connectivity index (χ0) is 16.7. The summed E-state index contributed by atoms with van der Waals surface area (Å²) in [6, 6.07) is 0. The topological polar surface area (TPSA) is 86.3 Å². The van der Waals surface area contributed by atoms with Crippen molar-refractivity contribution < 1.29 is 14.1 Å². The van der Waals surface area contributed by atoms with E-state index in [2.05, 4.69) is 15.2 Å². The molecule has 2 fully saturated rings. The third-order valence-corrected chi connectivity index (χ3v) is 4.38. The molecule has 0 N–H and O–H groups in total. The normalized spacial score (nSPS) is 24.3. The Morgan fingerprint density at radius 1 is 1.42 bits per heavy atom. The van der Waals surface area contributed by atoms with Gasteiger partial charge in [-0.05, 0) is 19.8 Å². The van der Waals surface area contributed by atoms with Crippen molar-refractivity contribution in [3.05, 3.63) is 29.1 Å². The van der Waals surface area contributed by atoms with E-state index in [9.17, 15) is 4.79 Å². The highest BCUT2D eigenvalue weighted by Gasteiger charge is 2.35. The van der Waals surface area contributed by atoms with Crippen molar-refractivity contribution in [3.63, 3.8) is 0 Å². The van der Waals surface area contributed by atoms with Crippen LogP contribution in [0.3, 0.4) is 0 Å². The molecule has 2 aromatic heterocycles. The lowest BCUT2D eigenvalue weighted by Crippen LogP contribution is -2.47. The Balaban J connectivity index is 1.44. The summed E-state index contributed by atoms with van der Waals surface area (Å²) in [5.74, 6) is 1.57. The molecule has 3 heterocycles. The zero-order valence-corrected chi connectivity index (χ0v) is 14.0. The molecule has 2 aromatic rings. The van der Waals surface area contributed by atoms with Gasteiger partial charge in [0.05, 0.1) is 23.9 Å². The molecule has 1 aliphatic carbocycles. The number of amides is 1. The van der Waals surface area contributed by atoms with Crippen LogP contribution in [-0.2, 0) is 16.1 Å². The molecule has 1 amide bonds. The van der Waals surface area contributed by atoms with E-state index < -0.39 is 0 Å². The van der Waals surface area contributed by atoms with Crippen molar-refractivity contribution in [2.24, 2.45) is 0 Å². The SMILES string of the molecule is C[C@@H]1CN(C(=O)Cn2cc(Cl)cn2)C[C@H](c2nc(C3CC3)no2)O1. The minimum absolute atomic E-state index is 0.0446. The number of hydrogen-bond donors (Lipinski definition) is 0. The van der Waals surface area contributed by atoms with E-state index in [4.69, 9.17) is 20.9 Å². The van der Waals surface area contributed by atoms with Gasteiger partial charge in [-0.3, -0.25) is 9.48 Å². The molecule has 128 valence electrons. The standard InChI is InChI=1S/C15H18ClN5O3/c1-9-5-20(13(22)8-21-6-11(16)4-17-21)7-12(23-9)15-18-14(19-24-15)10-2-3-10/h4,6,9-10,12H,2-3,5,7-8H2,1H3/t9-,12-/m1/s1. The van der Waals surface area contributed by atoms with E-state index >= 15 is 0 Å². The van der Waals surface area contributed by atoms with Gasteiger partial charge in [-0.1, -0.05) is 16.8 Å². The van der Waals surface area contributed by atoms with Crippen LogP contribution in [0.5, 0.6) is 0 Å². The summed E-state index contributed by atoms with van der Waals surface area (Å²) in [7, 11) is 0. The predicted molar refractivity (Wildman–Crippen MR) is 83.4 cm³/mol. The van der Waals surface area contributed by atoms with E-state index in [1.807, 2.05) is 6.92 Å². The van der Waals surface area contributed by atoms with Crippen LogP contribution in [0.1, 0.15) is 43.5 Å². The first-order valence-electron chi connectivity index (χ1n) is 8.03. The fraction of sp³-hybridized carbons (Fsp3) is 0.600. The third kappa shape index (κ3) is 3.29. The van der Waals surface area contributed by atoms with Crippen molar-refractivity contribution in [2.75, 3.05) is 13.1 Å². The first-order chi connectivity index (χ1) is 11.6. The molecule has 0 aromatic carbocycles. The van der Waals surface area contributed by atoms with Gasteiger partial charge in [0, 0.05) is 18.7 Å². The summed E-state index contributed by atoms with van der Waals surface area (Å²) < 4.78 is 12.8. The molecule has 0 spiro atoms. The first-order valence-corrected chi connectivity index (χ1v) is 8.41. The van der Waals surface area contributed by atoms with E-state index in [-0.39, 0.29) is 24.7 Å². The van der Waals surface area contributed by atoms with Crippen LogP contribution < -0.4 is 0 Å². The number of rotatable bonds is 4. The second-order valence-corrected chi connectivity index (χ2v) is 6.79. The van der Waals surface area contributed by atoms with Gasteiger partial charge < -0.3 is 14.2 Å². The molecule has 2 aliphatic rings. The van der Waals surface area contributed by atoms with Crippen LogP contribution in [0.25, 0.3) is 0 Å². The summed E-state index contributed by atoms with van der Waals surface area (Å²) in [5.41, 5.74) is 0. The molecule has 9 heteroatoms. The van der Waals surface area contributed by atoms with Crippen LogP contribution in [0.15, 0.2) is 16.9 Å². The van der Waals surface area contributed by atoms with Crippen LogP contribution in [0.4, 0.5) is 0 Å². The Morgan fingerprint density at radius 2 is 2.25 bits per heavy atom. The maximum atomic E-state index is 12.5. The Bertz CT molecular complexity index is 741. The monoisotopic (exact) mass is 351 g/mol. The molecule has 4 rings (SSSR count). The van der Waals surface area contributed by atoms with Gasteiger partial charge in [-0.15, -0.1) is 0 Å². The molecule has 1 aliphatic heterocycles. The van der Waals surface area contributed by atoms with E-state index in [1.165, 1.54) is 10.9 Å². The Labute approximate surface area is 143 Å². The second-order valence-electron chi connectivity index (χ2n) is 6.36. The summed E-state index contributed by atoms with van der Waals surface area (Å²) in [6.45, 7) is 2.98. The number of ether oxygens (including phenoxy) is 1. The van der Waals surface area contributed by atoms with Crippen LogP contribution in [-0.4, -0.2) is 49.9 Å². The molecular weight excluding hydrogens is 334 g/mol. The third-order valence-electron chi connectivity index (χ3n) is 4.19. The molecular formula is C15H18ClN5O3. The molecule has 0 radical (unpaired) electrons. The Morgan fingerprint density at radius 3 is 2.96 bits per heavy atom. The molecule has 1 saturated heterocycles. The maximum absolute atomic E-state index is 12.5. The summed E-state index contributed by atoms with van der Waals surface area (Å²) >= 11 is 5.83. The van der Waals surface area contributed by atoms with Crippen molar-refractivity contribution in [3.8, 4) is 0 Å². The quantitative estimate of drug-likeness (QED) is 0.834.